The molecule has 0 bridgehead atoms. The van der Waals surface area contributed by atoms with E-state index in [0.29, 0.717) is 12.0 Å². The van der Waals surface area contributed by atoms with Gasteiger partial charge in [0.25, 0.3) is 0 Å². The van der Waals surface area contributed by atoms with E-state index in [0.717, 1.165) is 19.8 Å². The summed E-state index contributed by atoms with van der Waals surface area (Å²) < 4.78 is 0. The van der Waals surface area contributed by atoms with E-state index in [9.17, 15) is 0 Å². The van der Waals surface area contributed by atoms with Crippen LogP contribution in [0.5, 0.6) is 0 Å². The van der Waals surface area contributed by atoms with Gasteiger partial charge in [-0.1, -0.05) is 47.9 Å². The molecular weight excluding hydrogens is 316 g/mol. The quantitative estimate of drug-likeness (QED) is 0.437. The molecule has 2 rings (SSSR count). The van der Waals surface area contributed by atoms with Crippen molar-refractivity contribution in [2.75, 3.05) is 19.8 Å². The Bertz CT molecular complexity index is 683. The van der Waals surface area contributed by atoms with Crippen LogP contribution in [0.3, 0.4) is 0 Å². The molecule has 2 unspecified atom stereocenters. The minimum atomic E-state index is 0.310. The minimum absolute atomic E-state index is 0.310. The fourth-order valence-electron chi connectivity index (χ4n) is 4.42. The van der Waals surface area contributed by atoms with Crippen LogP contribution in [-0.2, 0) is 0 Å². The highest BCUT2D eigenvalue weighted by atomic mass is 15.4. The Morgan fingerprint density at radius 1 is 1.12 bits per heavy atom. The van der Waals surface area contributed by atoms with Crippen molar-refractivity contribution in [3.8, 4) is 0 Å². The summed E-state index contributed by atoms with van der Waals surface area (Å²) in [6.45, 7) is 25.4. The Balaban J connectivity index is 2.22. The lowest BCUT2D eigenvalue weighted by molar-refractivity contribution is 0.259. The van der Waals surface area contributed by atoms with Gasteiger partial charge in [-0.2, -0.15) is 0 Å². The first kappa shape index (κ1) is 20.8. The van der Waals surface area contributed by atoms with E-state index in [1.807, 2.05) is 0 Å². The fraction of sp³-hybridized carbons (Fsp3) is 0.583. The molecule has 2 aliphatic rings. The molecule has 1 aliphatic carbocycles. The molecule has 0 aromatic rings. The highest BCUT2D eigenvalue weighted by Gasteiger charge is 2.30. The molecule has 2 nitrogen and oxygen atoms in total. The van der Waals surface area contributed by atoms with E-state index in [1.54, 1.807) is 11.1 Å². The summed E-state index contributed by atoms with van der Waals surface area (Å²) in [6.07, 6.45) is 5.82. The van der Waals surface area contributed by atoms with Crippen molar-refractivity contribution in [3.05, 3.63) is 57.9 Å². The molecule has 0 N–H and O–H groups in total. The summed E-state index contributed by atoms with van der Waals surface area (Å²) in [5.41, 5.74) is 9.98. The Morgan fingerprint density at radius 2 is 1.77 bits per heavy atom. The molecule has 1 heterocycles. The van der Waals surface area contributed by atoms with Crippen LogP contribution in [0.1, 0.15) is 61.8 Å². The van der Waals surface area contributed by atoms with E-state index in [-0.39, 0.29) is 0 Å². The first-order valence-corrected chi connectivity index (χ1v) is 9.97. The van der Waals surface area contributed by atoms with Crippen LogP contribution in [-0.4, -0.2) is 35.6 Å². The van der Waals surface area contributed by atoms with Gasteiger partial charge in [0, 0.05) is 18.8 Å². The van der Waals surface area contributed by atoms with Crippen molar-refractivity contribution >= 4 is 0 Å². The second-order valence-electron chi connectivity index (χ2n) is 8.68. The van der Waals surface area contributed by atoms with Crippen LogP contribution in [0.4, 0.5) is 0 Å². The zero-order valence-electron chi connectivity index (χ0n) is 18.2. The molecule has 0 amide bonds. The summed E-state index contributed by atoms with van der Waals surface area (Å²) in [6, 6.07) is 0.310. The van der Waals surface area contributed by atoms with Gasteiger partial charge in [-0.25, -0.2) is 0 Å². The van der Waals surface area contributed by atoms with Crippen molar-refractivity contribution in [2.45, 2.75) is 67.9 Å². The standard InChI is InChI=1S/C24H38N2/c1-16(2)12-18(5)13-23(17(3)4)25-10-11-26(15-25)24-20(7)14-19(6)21(8)22(24)9/h12-13,19,23H,3,10-11,14-15H2,1-2,4-9H3. The number of allylic oxidation sites excluding steroid dienone is 6. The normalized spacial score (nSPS) is 23.6. The van der Waals surface area contributed by atoms with E-state index < -0.39 is 0 Å². The maximum Gasteiger partial charge on any atom is 0.0715 e. The lowest BCUT2D eigenvalue weighted by atomic mass is 9.83. The third kappa shape index (κ3) is 4.59. The lowest BCUT2D eigenvalue weighted by Crippen LogP contribution is -2.35. The Morgan fingerprint density at radius 3 is 2.35 bits per heavy atom. The van der Waals surface area contributed by atoms with Crippen LogP contribution >= 0.6 is 0 Å². The van der Waals surface area contributed by atoms with Gasteiger partial charge >= 0.3 is 0 Å². The van der Waals surface area contributed by atoms with Gasteiger partial charge in [0.15, 0.2) is 0 Å². The van der Waals surface area contributed by atoms with E-state index >= 15 is 0 Å². The van der Waals surface area contributed by atoms with Gasteiger partial charge in [0.05, 0.1) is 12.7 Å². The molecule has 0 aromatic carbocycles. The highest BCUT2D eigenvalue weighted by molar-refractivity contribution is 5.41. The molecule has 1 aliphatic heterocycles. The zero-order chi connectivity index (χ0) is 19.6. The molecule has 0 saturated carbocycles. The average molecular weight is 355 g/mol. The number of nitrogens with zero attached hydrogens (tertiary/aromatic N) is 2. The second kappa shape index (κ2) is 8.43. The van der Waals surface area contributed by atoms with E-state index in [1.165, 1.54) is 34.4 Å². The monoisotopic (exact) mass is 354 g/mol. The van der Waals surface area contributed by atoms with Gasteiger partial charge in [-0.3, -0.25) is 4.90 Å². The van der Waals surface area contributed by atoms with Gasteiger partial charge in [0.1, 0.15) is 0 Å². The van der Waals surface area contributed by atoms with Crippen LogP contribution in [0.15, 0.2) is 57.9 Å². The molecule has 1 fully saturated rings. The van der Waals surface area contributed by atoms with Crippen molar-refractivity contribution in [1.29, 1.82) is 0 Å². The number of hydrogen-bond donors (Lipinski definition) is 0. The van der Waals surface area contributed by atoms with Crippen LogP contribution in [0.25, 0.3) is 0 Å². The lowest BCUT2D eigenvalue weighted by Gasteiger charge is -2.33. The smallest absolute Gasteiger partial charge is 0.0715 e. The van der Waals surface area contributed by atoms with Crippen molar-refractivity contribution in [1.82, 2.24) is 9.80 Å². The molecule has 2 heteroatoms. The van der Waals surface area contributed by atoms with Gasteiger partial charge in [-0.05, 0) is 72.0 Å². The SMILES string of the molecule is C=C(C)C(C=C(C)C=C(C)C)N1CCN(C2=C(C)CC(C)C(C)=C2C)C1. The van der Waals surface area contributed by atoms with Crippen LogP contribution in [0.2, 0.25) is 0 Å². The Labute approximate surface area is 161 Å². The van der Waals surface area contributed by atoms with Crippen molar-refractivity contribution in [3.63, 3.8) is 0 Å². The van der Waals surface area contributed by atoms with Gasteiger partial charge in [0.2, 0.25) is 0 Å². The highest BCUT2D eigenvalue weighted by Crippen LogP contribution is 2.36. The molecular formula is C24H38N2. The first-order valence-electron chi connectivity index (χ1n) is 9.97. The zero-order valence-corrected chi connectivity index (χ0v) is 18.2. The molecule has 1 saturated heterocycles. The summed E-state index contributed by atoms with van der Waals surface area (Å²) in [7, 11) is 0. The van der Waals surface area contributed by atoms with Crippen LogP contribution in [0, 0.1) is 5.92 Å². The molecule has 144 valence electrons. The molecule has 2 atom stereocenters. The summed E-state index contributed by atoms with van der Waals surface area (Å²) >= 11 is 0. The fourth-order valence-corrected chi connectivity index (χ4v) is 4.42. The molecule has 26 heavy (non-hydrogen) atoms. The molecule has 0 radical (unpaired) electrons. The molecule has 0 spiro atoms. The summed E-state index contributed by atoms with van der Waals surface area (Å²) in [4.78, 5) is 5.14. The maximum absolute atomic E-state index is 4.27. The van der Waals surface area contributed by atoms with Crippen molar-refractivity contribution in [2.24, 2.45) is 5.92 Å². The van der Waals surface area contributed by atoms with Gasteiger partial charge in [-0.15, -0.1) is 0 Å². The van der Waals surface area contributed by atoms with Gasteiger partial charge < -0.3 is 4.90 Å². The van der Waals surface area contributed by atoms with Crippen molar-refractivity contribution < 1.29 is 0 Å². The predicted octanol–water partition coefficient (Wildman–Crippen LogP) is 6.07. The predicted molar refractivity (Wildman–Crippen MR) is 115 cm³/mol. The second-order valence-corrected chi connectivity index (χ2v) is 8.68. The third-order valence-electron chi connectivity index (χ3n) is 5.86. The maximum atomic E-state index is 4.27. The molecule has 0 aromatic heterocycles. The third-order valence-corrected chi connectivity index (χ3v) is 5.86. The Kier molecular flexibility index (Phi) is 6.74. The average Bonchev–Trinajstić information content (AvgIpc) is 2.98. The topological polar surface area (TPSA) is 6.48 Å². The minimum Gasteiger partial charge on any atom is -0.357 e. The van der Waals surface area contributed by atoms with E-state index in [2.05, 4.69) is 83.9 Å². The Hall–Kier alpha value is -1.54. The number of hydrogen-bond acceptors (Lipinski definition) is 2. The number of rotatable bonds is 5. The summed E-state index contributed by atoms with van der Waals surface area (Å²) in [5.74, 6) is 0.676. The van der Waals surface area contributed by atoms with E-state index in [4.69, 9.17) is 0 Å². The summed E-state index contributed by atoms with van der Waals surface area (Å²) in [5, 5.41) is 0. The first-order chi connectivity index (χ1) is 12.1. The largest absolute Gasteiger partial charge is 0.357 e. The van der Waals surface area contributed by atoms with Crippen LogP contribution < -0.4 is 0 Å².